The van der Waals surface area contributed by atoms with E-state index >= 15 is 0 Å². The lowest BCUT2D eigenvalue weighted by molar-refractivity contribution is -0.133. The second-order valence-corrected chi connectivity index (χ2v) is 7.87. The molecule has 0 unspecified atom stereocenters. The molecule has 2 rings (SSSR count). The second-order valence-electron chi connectivity index (χ2n) is 7.87. The Hall–Kier alpha value is -2.08. The van der Waals surface area contributed by atoms with E-state index in [0.717, 1.165) is 25.1 Å². The van der Waals surface area contributed by atoms with Crippen LogP contribution in [0.3, 0.4) is 0 Å². The van der Waals surface area contributed by atoms with E-state index in [2.05, 4.69) is 17.3 Å². The number of carbonyl (C=O) groups excluding carboxylic acids is 2. The minimum atomic E-state index is -0.629. The average molecular weight is 361 g/mol. The third kappa shape index (κ3) is 6.67. The summed E-state index contributed by atoms with van der Waals surface area (Å²) in [6.45, 7) is 8.64. The van der Waals surface area contributed by atoms with Gasteiger partial charge >= 0.3 is 6.09 Å². The molecule has 1 saturated heterocycles. The highest BCUT2D eigenvalue weighted by molar-refractivity contribution is 5.86. The van der Waals surface area contributed by atoms with Gasteiger partial charge in [0.1, 0.15) is 11.6 Å². The number of ether oxygens (including phenoxy) is 1. The molecule has 0 radical (unpaired) electrons. The molecule has 1 N–H and O–H groups in total. The minimum absolute atomic E-state index is 0.0463. The standard InChI is InChI=1S/C20H31N3O3/c1-20(2,3)26-19(25)21-17(15-16-9-6-5-7-10-16)18(24)23-12-8-11-22(4)13-14-23/h5-7,9-10,17H,8,11-15H2,1-4H3,(H,21,25)/t17-/m1/s1. The molecule has 1 aromatic carbocycles. The first kappa shape index (κ1) is 20.2. The van der Waals surface area contributed by atoms with Gasteiger partial charge in [0.25, 0.3) is 0 Å². The van der Waals surface area contributed by atoms with E-state index in [1.54, 1.807) is 0 Å². The van der Waals surface area contributed by atoms with Gasteiger partial charge in [-0.05, 0) is 46.3 Å². The van der Waals surface area contributed by atoms with Crippen molar-refractivity contribution in [2.45, 2.75) is 45.3 Å². The first-order chi connectivity index (χ1) is 12.2. The molecule has 6 heteroatoms. The first-order valence-electron chi connectivity index (χ1n) is 9.25. The number of hydrogen-bond acceptors (Lipinski definition) is 4. The maximum absolute atomic E-state index is 13.1. The van der Waals surface area contributed by atoms with Crippen LogP contribution in [-0.2, 0) is 16.0 Å². The Morgan fingerprint density at radius 1 is 1.12 bits per heavy atom. The number of amides is 2. The van der Waals surface area contributed by atoms with Crippen molar-refractivity contribution in [2.75, 3.05) is 33.2 Å². The molecule has 0 aliphatic carbocycles. The van der Waals surface area contributed by atoms with Crippen molar-refractivity contribution in [3.63, 3.8) is 0 Å². The van der Waals surface area contributed by atoms with Crippen LogP contribution in [0.4, 0.5) is 4.79 Å². The molecule has 1 fully saturated rings. The highest BCUT2D eigenvalue weighted by Gasteiger charge is 2.29. The maximum Gasteiger partial charge on any atom is 0.408 e. The van der Waals surface area contributed by atoms with Crippen LogP contribution in [-0.4, -0.2) is 66.7 Å². The monoisotopic (exact) mass is 361 g/mol. The fourth-order valence-electron chi connectivity index (χ4n) is 2.99. The molecular formula is C20H31N3O3. The maximum atomic E-state index is 13.1. The predicted molar refractivity (Wildman–Crippen MR) is 102 cm³/mol. The highest BCUT2D eigenvalue weighted by atomic mass is 16.6. The van der Waals surface area contributed by atoms with E-state index in [1.807, 2.05) is 56.0 Å². The van der Waals surface area contributed by atoms with Gasteiger partial charge in [-0.15, -0.1) is 0 Å². The Morgan fingerprint density at radius 3 is 2.46 bits per heavy atom. The normalized spacial score (nSPS) is 17.3. The van der Waals surface area contributed by atoms with Crippen LogP contribution in [0.5, 0.6) is 0 Å². The van der Waals surface area contributed by atoms with Gasteiger partial charge in [0.05, 0.1) is 0 Å². The lowest BCUT2D eigenvalue weighted by Crippen LogP contribution is -2.51. The van der Waals surface area contributed by atoms with Crippen LogP contribution in [0.15, 0.2) is 30.3 Å². The van der Waals surface area contributed by atoms with Crippen molar-refractivity contribution < 1.29 is 14.3 Å². The summed E-state index contributed by atoms with van der Waals surface area (Å²) >= 11 is 0. The molecule has 0 saturated carbocycles. The zero-order chi connectivity index (χ0) is 19.2. The Morgan fingerprint density at radius 2 is 1.81 bits per heavy atom. The zero-order valence-corrected chi connectivity index (χ0v) is 16.3. The fraction of sp³-hybridized carbons (Fsp3) is 0.600. The molecular weight excluding hydrogens is 330 g/mol. The third-order valence-corrected chi connectivity index (χ3v) is 4.30. The number of likely N-dealkylation sites (N-methyl/N-ethyl adjacent to an activating group) is 1. The summed E-state index contributed by atoms with van der Waals surface area (Å²) in [5, 5.41) is 2.78. The molecule has 2 amide bonds. The van der Waals surface area contributed by atoms with Gasteiger partial charge in [0.15, 0.2) is 0 Å². The van der Waals surface area contributed by atoms with Gasteiger partial charge in [-0.2, -0.15) is 0 Å². The predicted octanol–water partition coefficient (Wildman–Crippen LogP) is 2.29. The highest BCUT2D eigenvalue weighted by Crippen LogP contribution is 2.11. The smallest absolute Gasteiger partial charge is 0.408 e. The lowest BCUT2D eigenvalue weighted by atomic mass is 10.0. The third-order valence-electron chi connectivity index (χ3n) is 4.30. The molecule has 0 bridgehead atoms. The van der Waals surface area contributed by atoms with Crippen molar-refractivity contribution in [1.82, 2.24) is 15.1 Å². The zero-order valence-electron chi connectivity index (χ0n) is 16.3. The number of rotatable bonds is 4. The fourth-order valence-corrected chi connectivity index (χ4v) is 2.99. The molecule has 0 aromatic heterocycles. The lowest BCUT2D eigenvalue weighted by Gasteiger charge is -2.28. The van der Waals surface area contributed by atoms with Crippen molar-refractivity contribution in [3.8, 4) is 0 Å². The Labute approximate surface area is 156 Å². The molecule has 26 heavy (non-hydrogen) atoms. The van der Waals surface area contributed by atoms with E-state index in [0.29, 0.717) is 19.5 Å². The van der Waals surface area contributed by atoms with Gasteiger partial charge in [-0.3, -0.25) is 4.79 Å². The SMILES string of the molecule is CN1CCCN(C(=O)[C@@H](Cc2ccccc2)NC(=O)OC(C)(C)C)CC1. The number of nitrogens with one attached hydrogen (secondary N) is 1. The summed E-state index contributed by atoms with van der Waals surface area (Å²) in [5.41, 5.74) is 0.407. The number of alkyl carbamates (subject to hydrolysis) is 1. The summed E-state index contributed by atoms with van der Waals surface area (Å²) in [6.07, 6.45) is 0.830. The minimum Gasteiger partial charge on any atom is -0.444 e. The summed E-state index contributed by atoms with van der Waals surface area (Å²) in [6, 6.07) is 9.11. The van der Waals surface area contributed by atoms with E-state index in [-0.39, 0.29) is 5.91 Å². The van der Waals surface area contributed by atoms with E-state index < -0.39 is 17.7 Å². The van der Waals surface area contributed by atoms with Crippen LogP contribution < -0.4 is 5.32 Å². The average Bonchev–Trinajstić information content (AvgIpc) is 2.77. The van der Waals surface area contributed by atoms with Gasteiger partial charge < -0.3 is 19.9 Å². The number of nitrogens with zero attached hydrogens (tertiary/aromatic N) is 2. The van der Waals surface area contributed by atoms with Gasteiger partial charge in [0.2, 0.25) is 5.91 Å². The topological polar surface area (TPSA) is 61.9 Å². The molecule has 1 atom stereocenters. The molecule has 1 aliphatic heterocycles. The molecule has 0 spiro atoms. The largest absolute Gasteiger partial charge is 0.444 e. The van der Waals surface area contributed by atoms with E-state index in [9.17, 15) is 9.59 Å². The molecule has 1 heterocycles. The van der Waals surface area contributed by atoms with Gasteiger partial charge in [-0.1, -0.05) is 30.3 Å². The Bertz CT molecular complexity index is 598. The molecule has 6 nitrogen and oxygen atoms in total. The van der Waals surface area contributed by atoms with Crippen LogP contribution in [0, 0.1) is 0 Å². The quantitative estimate of drug-likeness (QED) is 0.894. The van der Waals surface area contributed by atoms with Crippen molar-refractivity contribution in [3.05, 3.63) is 35.9 Å². The van der Waals surface area contributed by atoms with Crippen molar-refractivity contribution >= 4 is 12.0 Å². The van der Waals surface area contributed by atoms with Crippen molar-refractivity contribution in [1.29, 1.82) is 0 Å². The Balaban J connectivity index is 2.10. The van der Waals surface area contributed by atoms with Crippen molar-refractivity contribution in [2.24, 2.45) is 0 Å². The van der Waals surface area contributed by atoms with E-state index in [4.69, 9.17) is 4.74 Å². The van der Waals surface area contributed by atoms with Crippen LogP contribution in [0.25, 0.3) is 0 Å². The van der Waals surface area contributed by atoms with Crippen LogP contribution >= 0.6 is 0 Å². The Kier molecular flexibility index (Phi) is 7.03. The first-order valence-corrected chi connectivity index (χ1v) is 9.25. The number of carbonyl (C=O) groups is 2. The second kappa shape index (κ2) is 9.03. The molecule has 144 valence electrons. The van der Waals surface area contributed by atoms with Gasteiger partial charge in [-0.25, -0.2) is 4.79 Å². The summed E-state index contributed by atoms with van der Waals surface area (Å²) in [5.74, 6) is -0.0463. The molecule has 1 aliphatic rings. The van der Waals surface area contributed by atoms with Crippen LogP contribution in [0.1, 0.15) is 32.8 Å². The van der Waals surface area contributed by atoms with Crippen LogP contribution in [0.2, 0.25) is 0 Å². The molecule has 1 aromatic rings. The number of benzene rings is 1. The van der Waals surface area contributed by atoms with Gasteiger partial charge in [0, 0.05) is 26.1 Å². The summed E-state index contributed by atoms with van der Waals surface area (Å²) < 4.78 is 5.36. The van der Waals surface area contributed by atoms with E-state index in [1.165, 1.54) is 0 Å². The summed E-state index contributed by atoms with van der Waals surface area (Å²) in [4.78, 5) is 29.4. The summed E-state index contributed by atoms with van der Waals surface area (Å²) in [7, 11) is 2.06. The number of hydrogen-bond donors (Lipinski definition) is 1.